The Bertz CT molecular complexity index is 2480. The third kappa shape index (κ3) is 5.42. The summed E-state index contributed by atoms with van der Waals surface area (Å²) in [6.45, 7) is 0. The Hall–Kier alpha value is -6.44. The van der Waals surface area contributed by atoms with Gasteiger partial charge in [0, 0.05) is 10.8 Å². The third-order valence-corrected chi connectivity index (χ3v) is 9.55. The van der Waals surface area contributed by atoms with Gasteiger partial charge in [-0.05, 0) is 90.3 Å². The molecular formula is C48H32O. The van der Waals surface area contributed by atoms with Crippen LogP contribution in [0.2, 0.25) is 0 Å². The summed E-state index contributed by atoms with van der Waals surface area (Å²) in [5.41, 5.74) is 11.2. The van der Waals surface area contributed by atoms with Crippen molar-refractivity contribution in [3.63, 3.8) is 0 Å². The fraction of sp³-hybridized carbons (Fsp3) is 0. The highest BCUT2D eigenvalue weighted by atomic mass is 16.3. The second-order valence-electron chi connectivity index (χ2n) is 12.5. The maximum Gasteiger partial charge on any atom is 0.135 e. The first-order valence-corrected chi connectivity index (χ1v) is 16.8. The molecule has 230 valence electrons. The maximum atomic E-state index is 6.80. The lowest BCUT2D eigenvalue weighted by atomic mass is 9.94. The van der Waals surface area contributed by atoms with Gasteiger partial charge in [-0.25, -0.2) is 0 Å². The summed E-state index contributed by atoms with van der Waals surface area (Å²) in [6, 6.07) is 69.3. The lowest BCUT2D eigenvalue weighted by Crippen LogP contribution is -1.84. The molecule has 0 unspecified atom stereocenters. The first-order valence-electron chi connectivity index (χ1n) is 16.8. The minimum Gasteiger partial charge on any atom is -0.456 e. The van der Waals surface area contributed by atoms with Gasteiger partial charge >= 0.3 is 0 Å². The lowest BCUT2D eigenvalue weighted by molar-refractivity contribution is 0.663. The van der Waals surface area contributed by atoms with E-state index in [1.165, 1.54) is 55.3 Å². The number of hydrogen-bond donors (Lipinski definition) is 0. The summed E-state index contributed by atoms with van der Waals surface area (Å²) < 4.78 is 6.80. The molecular weight excluding hydrogens is 593 g/mol. The van der Waals surface area contributed by atoms with Gasteiger partial charge in [0.15, 0.2) is 0 Å². The third-order valence-electron chi connectivity index (χ3n) is 9.55. The minimum absolute atomic E-state index is 0.845. The van der Waals surface area contributed by atoms with E-state index in [4.69, 9.17) is 4.42 Å². The second-order valence-corrected chi connectivity index (χ2v) is 12.5. The minimum atomic E-state index is 0.845. The van der Waals surface area contributed by atoms with E-state index in [0.29, 0.717) is 0 Å². The van der Waals surface area contributed by atoms with Crippen LogP contribution < -0.4 is 0 Å². The van der Waals surface area contributed by atoms with Crippen molar-refractivity contribution in [1.82, 2.24) is 0 Å². The first-order chi connectivity index (χ1) is 24.3. The molecule has 0 aliphatic carbocycles. The van der Waals surface area contributed by atoms with E-state index in [1.54, 1.807) is 0 Å². The Morgan fingerprint density at radius 1 is 0.204 bits per heavy atom. The summed E-state index contributed by atoms with van der Waals surface area (Å²) in [5, 5.41) is 6.80. The average Bonchev–Trinajstić information content (AvgIpc) is 3.23. The van der Waals surface area contributed by atoms with Crippen LogP contribution in [0, 0.1) is 0 Å². The van der Waals surface area contributed by atoms with Gasteiger partial charge in [0.25, 0.3) is 0 Å². The molecule has 0 atom stereocenters. The quantitative estimate of drug-likeness (QED) is 0.190. The topological polar surface area (TPSA) is 13.1 Å². The van der Waals surface area contributed by atoms with Crippen LogP contribution in [0.5, 0.6) is 0 Å². The monoisotopic (exact) mass is 624 g/mol. The van der Waals surface area contributed by atoms with E-state index < -0.39 is 0 Å². The number of benzene rings is 8. The van der Waals surface area contributed by atoms with Crippen LogP contribution in [0.4, 0.5) is 0 Å². The van der Waals surface area contributed by atoms with Gasteiger partial charge in [-0.2, -0.15) is 0 Å². The standard InChI is InChI=1S/C48H32O/c1-3-11-33(12-4-1)35-19-23-37(24-20-35)39-27-29-41-42-30-28-40(38-25-21-36(22-26-38)34-13-5-2-6-14-34)32-46(42)44-16-8-10-18-48(44)49-47-17-9-7-15-43(47)45(41)31-39/h1-32H. The average molecular weight is 625 g/mol. The Labute approximate surface area is 285 Å². The van der Waals surface area contributed by atoms with Crippen molar-refractivity contribution < 1.29 is 4.42 Å². The normalized spacial score (nSPS) is 11.3. The second kappa shape index (κ2) is 12.3. The smallest absolute Gasteiger partial charge is 0.135 e. The van der Waals surface area contributed by atoms with Crippen LogP contribution >= 0.6 is 0 Å². The molecule has 1 heteroatoms. The Kier molecular flexibility index (Phi) is 7.22. The van der Waals surface area contributed by atoms with Crippen molar-refractivity contribution in [1.29, 1.82) is 0 Å². The Balaban J connectivity index is 1.27. The van der Waals surface area contributed by atoms with Crippen LogP contribution in [-0.2, 0) is 0 Å². The fourth-order valence-electron chi connectivity index (χ4n) is 7.01. The van der Waals surface area contributed by atoms with Gasteiger partial charge in [-0.3, -0.25) is 0 Å². The molecule has 0 bridgehead atoms. The summed E-state index contributed by atoms with van der Waals surface area (Å²) >= 11 is 0. The van der Waals surface area contributed by atoms with Crippen molar-refractivity contribution in [3.05, 3.63) is 194 Å². The zero-order valence-corrected chi connectivity index (χ0v) is 26.9. The highest BCUT2D eigenvalue weighted by Crippen LogP contribution is 2.37. The van der Waals surface area contributed by atoms with Crippen molar-refractivity contribution in [2.24, 2.45) is 0 Å². The highest BCUT2D eigenvalue weighted by molar-refractivity contribution is 6.19. The number of para-hydroxylation sites is 2. The van der Waals surface area contributed by atoms with Crippen molar-refractivity contribution in [3.8, 4) is 44.5 Å². The van der Waals surface area contributed by atoms with E-state index in [1.807, 2.05) is 0 Å². The molecule has 49 heavy (non-hydrogen) atoms. The summed E-state index contributed by atoms with van der Waals surface area (Å²) in [6.07, 6.45) is 0. The molecule has 9 aromatic rings. The summed E-state index contributed by atoms with van der Waals surface area (Å²) in [4.78, 5) is 0. The molecule has 8 aromatic carbocycles. The fourth-order valence-corrected chi connectivity index (χ4v) is 7.01. The molecule has 1 aromatic heterocycles. The van der Waals surface area contributed by atoms with E-state index in [-0.39, 0.29) is 0 Å². The molecule has 0 saturated carbocycles. The van der Waals surface area contributed by atoms with Crippen molar-refractivity contribution in [2.75, 3.05) is 0 Å². The molecule has 0 N–H and O–H groups in total. The molecule has 0 saturated heterocycles. The van der Waals surface area contributed by atoms with Gasteiger partial charge in [-0.1, -0.05) is 170 Å². The van der Waals surface area contributed by atoms with Crippen LogP contribution in [0.25, 0.3) is 88.0 Å². The SMILES string of the molecule is c1ccc(-c2ccc(-c3ccc4c(c3)c3ccccc3oc3ccccc3c3cc(-c5ccc(-c6ccccc6)cc5)ccc34)cc2)cc1. The maximum absolute atomic E-state index is 6.80. The van der Waals surface area contributed by atoms with Gasteiger partial charge in [0.1, 0.15) is 11.2 Å². The molecule has 1 nitrogen and oxygen atoms in total. The predicted octanol–water partition coefficient (Wildman–Crippen LogP) is 13.7. The van der Waals surface area contributed by atoms with E-state index in [0.717, 1.165) is 32.7 Å². The molecule has 0 aliphatic heterocycles. The van der Waals surface area contributed by atoms with Crippen LogP contribution in [0.15, 0.2) is 199 Å². The van der Waals surface area contributed by atoms with E-state index in [9.17, 15) is 0 Å². The molecule has 0 aliphatic rings. The largest absolute Gasteiger partial charge is 0.456 e. The molecule has 0 amide bonds. The van der Waals surface area contributed by atoms with Crippen molar-refractivity contribution >= 4 is 43.5 Å². The van der Waals surface area contributed by atoms with Crippen molar-refractivity contribution in [2.45, 2.75) is 0 Å². The van der Waals surface area contributed by atoms with Crippen LogP contribution in [0.1, 0.15) is 0 Å². The highest BCUT2D eigenvalue weighted by Gasteiger charge is 2.11. The van der Waals surface area contributed by atoms with Gasteiger partial charge in [-0.15, -0.1) is 0 Å². The zero-order chi connectivity index (χ0) is 32.6. The van der Waals surface area contributed by atoms with Gasteiger partial charge < -0.3 is 4.42 Å². The Morgan fingerprint density at radius 2 is 0.510 bits per heavy atom. The molecule has 1 heterocycles. The first kappa shape index (κ1) is 28.8. The van der Waals surface area contributed by atoms with Crippen LogP contribution in [0.3, 0.4) is 0 Å². The number of hydrogen-bond acceptors (Lipinski definition) is 1. The predicted molar refractivity (Wildman–Crippen MR) is 208 cm³/mol. The van der Waals surface area contributed by atoms with Gasteiger partial charge in [0.05, 0.1) is 0 Å². The van der Waals surface area contributed by atoms with Crippen LogP contribution in [-0.4, -0.2) is 0 Å². The lowest BCUT2D eigenvalue weighted by Gasteiger charge is -2.10. The number of fused-ring (bicyclic) bond motifs is 7. The Morgan fingerprint density at radius 3 is 0.918 bits per heavy atom. The molecule has 0 spiro atoms. The van der Waals surface area contributed by atoms with E-state index >= 15 is 0 Å². The summed E-state index contributed by atoms with van der Waals surface area (Å²) in [7, 11) is 0. The number of rotatable bonds is 4. The van der Waals surface area contributed by atoms with Gasteiger partial charge in [0.2, 0.25) is 0 Å². The molecule has 0 fully saturated rings. The molecule has 0 radical (unpaired) electrons. The van der Waals surface area contributed by atoms with E-state index in [2.05, 4.69) is 194 Å². The molecule has 9 rings (SSSR count). The summed E-state index contributed by atoms with van der Waals surface area (Å²) in [5.74, 6) is 0. The zero-order valence-electron chi connectivity index (χ0n) is 26.9.